The average molecular weight is 777 g/mol. The molecule has 0 fully saturated rings. The van der Waals surface area contributed by atoms with Crippen LogP contribution >= 0.6 is 0 Å². The molecule has 0 saturated heterocycles. The molecule has 0 amide bonds. The summed E-state index contributed by atoms with van der Waals surface area (Å²) in [4.78, 5) is 1.37. The normalized spacial score (nSPS) is 11.7. The zero-order chi connectivity index (χ0) is 40.1. The summed E-state index contributed by atoms with van der Waals surface area (Å²) in [5.41, 5.74) is -8.32. The Balaban J connectivity index is 0.000000546. The Morgan fingerprint density at radius 2 is 0.704 bits per heavy atom. The molecule has 0 aliphatic heterocycles. The zero-order valence-corrected chi connectivity index (χ0v) is 27.0. The maximum Gasteiger partial charge on any atom is 0.200 e. The van der Waals surface area contributed by atoms with E-state index in [1.165, 1.54) is 10.6 Å². The Bertz CT molecular complexity index is 2200. The van der Waals surface area contributed by atoms with Gasteiger partial charge in [-0.2, -0.15) is 5.46 Å². The number of quaternary nitrogens is 1. The highest BCUT2D eigenvalue weighted by Crippen LogP contribution is 2.29. The van der Waals surface area contributed by atoms with Crippen molar-refractivity contribution in [2.45, 2.75) is 0 Å². The number of para-hydroxylation sites is 1. The number of aromatic hydroxyl groups is 1. The lowest BCUT2D eigenvalue weighted by molar-refractivity contribution is -0.786. The van der Waals surface area contributed by atoms with Crippen molar-refractivity contribution in [1.82, 2.24) is 0 Å². The predicted molar refractivity (Wildman–Crippen MR) is 168 cm³/mol. The van der Waals surface area contributed by atoms with Crippen LogP contribution in [0.4, 0.5) is 71.5 Å². The van der Waals surface area contributed by atoms with Gasteiger partial charge in [0.1, 0.15) is 52.5 Å². The fourth-order valence-electron chi connectivity index (χ4n) is 6.23. The molecule has 0 aliphatic carbocycles. The van der Waals surface area contributed by atoms with E-state index >= 15 is 26.3 Å². The monoisotopic (exact) mass is 777 g/mol. The number of hydrogen-bond acceptors (Lipinski definition) is 1. The Morgan fingerprint density at radius 3 is 1.04 bits per heavy atom. The molecule has 18 heteroatoms. The highest BCUT2D eigenvalue weighted by atomic mass is 19.2. The van der Waals surface area contributed by atoms with Gasteiger partial charge < -0.3 is 10.0 Å². The van der Waals surface area contributed by atoms with Gasteiger partial charge in [0.25, 0.3) is 0 Å². The van der Waals surface area contributed by atoms with Crippen molar-refractivity contribution in [3.8, 4) is 5.75 Å². The van der Waals surface area contributed by atoms with Gasteiger partial charge in [0.05, 0.1) is 14.1 Å². The van der Waals surface area contributed by atoms with E-state index in [-0.39, 0.29) is 10.8 Å². The lowest BCUT2D eigenvalue weighted by atomic mass is 9.12. The van der Waals surface area contributed by atoms with Crippen LogP contribution < -0.4 is 26.8 Å². The molecule has 282 valence electrons. The van der Waals surface area contributed by atoms with Crippen molar-refractivity contribution >= 4 is 44.5 Å². The van der Waals surface area contributed by atoms with E-state index in [0.29, 0.717) is 18.2 Å². The molecule has 0 atom stereocenters. The summed E-state index contributed by atoms with van der Waals surface area (Å²) in [6.07, 6.45) is -5.87. The summed E-state index contributed by atoms with van der Waals surface area (Å²) < 4.78 is 224. The summed E-state index contributed by atoms with van der Waals surface area (Å²) in [5, 5.41) is 9.23. The summed E-state index contributed by atoms with van der Waals surface area (Å²) >= 11 is 0. The van der Waals surface area contributed by atoms with E-state index in [4.69, 9.17) is 0 Å². The second kappa shape index (κ2) is 14.6. The summed E-state index contributed by atoms with van der Waals surface area (Å²) in [5.74, 6) is -46.5. The van der Waals surface area contributed by atoms with Crippen molar-refractivity contribution in [2.24, 2.45) is 0 Å². The lowest BCUT2D eigenvalue weighted by Gasteiger charge is -2.44. The number of halogens is 15. The van der Waals surface area contributed by atoms with Crippen LogP contribution in [0, 0.1) is 87.3 Å². The minimum Gasteiger partial charge on any atom is -0.508 e. The van der Waals surface area contributed by atoms with Crippen LogP contribution in [0.1, 0.15) is 0 Å². The van der Waals surface area contributed by atoms with Crippen LogP contribution in [-0.4, -0.2) is 25.3 Å². The summed E-state index contributed by atoms with van der Waals surface area (Å²) in [7, 11) is 4.24. The molecule has 0 unspecified atom stereocenters. The van der Waals surface area contributed by atoms with Crippen molar-refractivity contribution in [3.05, 3.63) is 154 Å². The average Bonchev–Trinajstić information content (AvgIpc) is 3.16. The Kier molecular flexibility index (Phi) is 10.7. The number of hydrogen-bond donors (Lipinski definition) is 2. The van der Waals surface area contributed by atoms with Gasteiger partial charge in [-0.05, 0) is 35.0 Å². The SMILES string of the molecule is C[NH+](C)c1ccccc1.Oc1ccc2cc([B-](c3c(F)c(F)c(F)c(F)c3F)(c3c(F)c(F)c(F)c(F)c3F)c3c(F)c(F)c(F)c(F)c3F)ccc2c1. The third kappa shape index (κ3) is 6.17. The molecule has 0 heterocycles. The molecule has 0 spiro atoms. The maximum absolute atomic E-state index is 15.7. The predicted octanol–water partition coefficient (Wildman–Crippen LogP) is 6.47. The van der Waals surface area contributed by atoms with E-state index in [2.05, 4.69) is 38.4 Å². The molecule has 0 radical (unpaired) electrons. The minimum absolute atomic E-state index is 0.129. The Labute approximate surface area is 294 Å². The van der Waals surface area contributed by atoms with Crippen LogP contribution in [0.15, 0.2) is 66.7 Å². The van der Waals surface area contributed by atoms with Crippen molar-refractivity contribution in [1.29, 1.82) is 0 Å². The highest BCUT2D eigenvalue weighted by molar-refractivity contribution is 7.20. The molecule has 0 saturated carbocycles. The van der Waals surface area contributed by atoms with Crippen LogP contribution in [0.3, 0.4) is 0 Å². The quantitative estimate of drug-likeness (QED) is 0.0893. The first-order valence-corrected chi connectivity index (χ1v) is 15.1. The van der Waals surface area contributed by atoms with Crippen LogP contribution in [-0.2, 0) is 0 Å². The van der Waals surface area contributed by atoms with Crippen molar-refractivity contribution in [2.75, 3.05) is 14.1 Å². The molecule has 0 aromatic heterocycles. The first kappa shape index (κ1) is 39.6. The van der Waals surface area contributed by atoms with Gasteiger partial charge in [-0.1, -0.05) is 42.5 Å². The van der Waals surface area contributed by atoms with E-state index in [0.717, 1.165) is 18.2 Å². The molecular weight excluding hydrogens is 758 g/mol. The Morgan fingerprint density at radius 1 is 0.389 bits per heavy atom. The summed E-state index contributed by atoms with van der Waals surface area (Å²) in [6.45, 7) is 0. The molecule has 0 bridgehead atoms. The fraction of sp³-hybridized carbons (Fsp3) is 0.0556. The minimum atomic E-state index is -5.87. The number of nitrogens with one attached hydrogen (secondary N) is 1. The third-order valence-corrected chi connectivity index (χ3v) is 8.73. The van der Waals surface area contributed by atoms with Crippen LogP contribution in [0.25, 0.3) is 10.8 Å². The number of fused-ring (bicyclic) bond motifs is 1. The zero-order valence-electron chi connectivity index (χ0n) is 27.0. The van der Waals surface area contributed by atoms with Crippen molar-refractivity contribution in [3.63, 3.8) is 0 Å². The molecule has 54 heavy (non-hydrogen) atoms. The van der Waals surface area contributed by atoms with Gasteiger partial charge in [-0.15, -0.1) is 16.4 Å². The topological polar surface area (TPSA) is 24.7 Å². The number of benzene rings is 6. The molecule has 0 aliphatic rings. The van der Waals surface area contributed by atoms with E-state index in [9.17, 15) is 44.6 Å². The number of rotatable bonds is 5. The lowest BCUT2D eigenvalue weighted by Crippen LogP contribution is -3.00. The van der Waals surface area contributed by atoms with Crippen LogP contribution in [0.5, 0.6) is 5.75 Å². The molecule has 6 aromatic carbocycles. The van der Waals surface area contributed by atoms with Crippen LogP contribution in [0.2, 0.25) is 0 Å². The first-order chi connectivity index (χ1) is 25.3. The second-order valence-corrected chi connectivity index (χ2v) is 12.0. The fourth-order valence-corrected chi connectivity index (χ4v) is 6.23. The largest absolute Gasteiger partial charge is 0.508 e. The highest BCUT2D eigenvalue weighted by Gasteiger charge is 2.49. The molecule has 6 aromatic rings. The van der Waals surface area contributed by atoms with E-state index in [1.54, 1.807) is 0 Å². The molecule has 6 rings (SSSR count). The number of phenolic OH excluding ortho intramolecular Hbond substituents is 1. The molecule has 2 N–H and O–H groups in total. The molecular formula is C36H19BF15NO. The van der Waals surface area contributed by atoms with Gasteiger partial charge in [0.15, 0.2) is 52.4 Å². The van der Waals surface area contributed by atoms with Crippen molar-refractivity contribution < 1.29 is 75.9 Å². The third-order valence-electron chi connectivity index (χ3n) is 8.73. The second-order valence-electron chi connectivity index (χ2n) is 12.0. The van der Waals surface area contributed by atoms with Gasteiger partial charge in [-0.3, -0.25) is 0 Å². The summed E-state index contributed by atoms with van der Waals surface area (Å²) in [6, 6.07) is 14.6. The Hall–Kier alpha value is -5.65. The van der Waals surface area contributed by atoms with E-state index in [1.807, 2.05) is 6.07 Å². The maximum atomic E-state index is 15.7. The van der Waals surface area contributed by atoms with Gasteiger partial charge in [0, 0.05) is 0 Å². The van der Waals surface area contributed by atoms with Gasteiger partial charge in [-0.25, -0.2) is 65.9 Å². The molecule has 2 nitrogen and oxygen atoms in total. The smallest absolute Gasteiger partial charge is 0.200 e. The number of phenols is 1. The van der Waals surface area contributed by atoms with E-state index < -0.39 is 121 Å². The van der Waals surface area contributed by atoms with Gasteiger partial charge >= 0.3 is 0 Å². The standard InChI is InChI=1S/C28H7BF15O.C8H11N/c30-14-11(15(31)21(37)26(42)20(14)36)29(12-16(32)22(38)27(43)23(39)17(12)33,13-18(34)24(40)28(44)25(41)19(13)35)9-3-1-8-6-10(45)4-2-7(8)5-9;1-9(2)8-6-4-3-5-7-8/h1-6,45H;3-7H,1-2H3/q-1;/p+1. The van der Waals surface area contributed by atoms with Gasteiger partial charge in [0.2, 0.25) is 0 Å². The first-order valence-electron chi connectivity index (χ1n) is 15.1.